The van der Waals surface area contributed by atoms with Gasteiger partial charge in [-0.25, -0.2) is 0 Å². The van der Waals surface area contributed by atoms with E-state index >= 15 is 0 Å². The minimum atomic E-state index is -0.599. The van der Waals surface area contributed by atoms with E-state index in [1.807, 2.05) is 0 Å². The molecular formula is C15H23ClN2O3. The number of halogens is 1. The van der Waals surface area contributed by atoms with Crippen molar-refractivity contribution in [2.75, 3.05) is 46.9 Å². The van der Waals surface area contributed by atoms with Crippen LogP contribution < -0.4 is 14.8 Å². The lowest BCUT2D eigenvalue weighted by Crippen LogP contribution is -2.44. The summed E-state index contributed by atoms with van der Waals surface area (Å²) in [4.78, 5) is 2.34. The van der Waals surface area contributed by atoms with Crippen LogP contribution in [-0.4, -0.2) is 56.9 Å². The van der Waals surface area contributed by atoms with Gasteiger partial charge in [0.2, 0.25) is 0 Å². The van der Waals surface area contributed by atoms with Gasteiger partial charge in [-0.05, 0) is 12.5 Å². The molecule has 1 aliphatic heterocycles. The topological polar surface area (TPSA) is 54.0 Å². The first-order chi connectivity index (χ1) is 10.2. The number of nitrogens with zero attached hydrogens (tertiary/aromatic N) is 1. The lowest BCUT2D eigenvalue weighted by atomic mass is 10.0. The van der Waals surface area contributed by atoms with Gasteiger partial charge in [-0.2, -0.15) is 0 Å². The van der Waals surface area contributed by atoms with Crippen LogP contribution in [0.5, 0.6) is 11.5 Å². The lowest BCUT2D eigenvalue weighted by molar-refractivity contribution is 0.134. The molecule has 1 heterocycles. The average Bonchev–Trinajstić information content (AvgIpc) is 2.53. The molecule has 6 heteroatoms. The minimum absolute atomic E-state index is 0.481. The van der Waals surface area contributed by atoms with Gasteiger partial charge < -0.3 is 24.8 Å². The highest BCUT2D eigenvalue weighted by Crippen LogP contribution is 2.36. The number of ether oxygens (including phenoxy) is 2. The zero-order valence-corrected chi connectivity index (χ0v) is 13.3. The van der Waals surface area contributed by atoms with Crippen molar-refractivity contribution in [3.8, 4) is 11.5 Å². The third-order valence-corrected chi connectivity index (χ3v) is 4.09. The predicted octanol–water partition coefficient (Wildman–Crippen LogP) is 1.69. The molecule has 0 amide bonds. The minimum Gasteiger partial charge on any atom is -0.496 e. The Labute approximate surface area is 130 Å². The van der Waals surface area contributed by atoms with Crippen LogP contribution in [0.2, 0.25) is 5.02 Å². The number of benzene rings is 1. The Morgan fingerprint density at radius 1 is 1.24 bits per heavy atom. The standard InChI is InChI=1S/C15H23ClN2O3/c1-20-14-10-15(21-2)12(16)9-11(14)13(19)3-6-18-7-4-17-5-8-18/h9-10,13,17,19H,3-8H2,1-2H3. The summed E-state index contributed by atoms with van der Waals surface area (Å²) >= 11 is 6.14. The van der Waals surface area contributed by atoms with Gasteiger partial charge in [-0.1, -0.05) is 11.6 Å². The zero-order valence-electron chi connectivity index (χ0n) is 12.6. The van der Waals surface area contributed by atoms with Crippen LogP contribution in [0.25, 0.3) is 0 Å². The van der Waals surface area contributed by atoms with Crippen molar-refractivity contribution < 1.29 is 14.6 Å². The van der Waals surface area contributed by atoms with Gasteiger partial charge in [-0.15, -0.1) is 0 Å². The second kappa shape index (κ2) is 7.84. The van der Waals surface area contributed by atoms with Crippen LogP contribution in [0.4, 0.5) is 0 Å². The maximum atomic E-state index is 10.4. The molecule has 1 atom stereocenters. The Balaban J connectivity index is 2.03. The van der Waals surface area contributed by atoms with E-state index in [4.69, 9.17) is 21.1 Å². The van der Waals surface area contributed by atoms with Gasteiger partial charge in [0.1, 0.15) is 11.5 Å². The van der Waals surface area contributed by atoms with E-state index in [1.54, 1.807) is 26.4 Å². The lowest BCUT2D eigenvalue weighted by Gasteiger charge is -2.28. The Kier molecular flexibility index (Phi) is 6.11. The molecule has 0 spiro atoms. The molecule has 0 aliphatic carbocycles. The van der Waals surface area contributed by atoms with Crippen LogP contribution in [0.1, 0.15) is 18.1 Å². The molecule has 1 aromatic carbocycles. The molecule has 0 bridgehead atoms. The molecule has 0 radical (unpaired) electrons. The Morgan fingerprint density at radius 3 is 2.52 bits per heavy atom. The molecule has 5 nitrogen and oxygen atoms in total. The van der Waals surface area contributed by atoms with Gasteiger partial charge in [0.25, 0.3) is 0 Å². The summed E-state index contributed by atoms with van der Waals surface area (Å²) in [7, 11) is 3.14. The van der Waals surface area contributed by atoms with Crippen molar-refractivity contribution in [1.29, 1.82) is 0 Å². The van der Waals surface area contributed by atoms with Gasteiger partial charge in [0, 0.05) is 44.4 Å². The first kappa shape index (κ1) is 16.4. The molecule has 2 N–H and O–H groups in total. The fraction of sp³-hybridized carbons (Fsp3) is 0.600. The Morgan fingerprint density at radius 2 is 1.90 bits per heavy atom. The third kappa shape index (κ3) is 4.23. The number of methoxy groups -OCH3 is 2. The predicted molar refractivity (Wildman–Crippen MR) is 83.4 cm³/mol. The normalized spacial score (nSPS) is 17.5. The van der Waals surface area contributed by atoms with E-state index in [-0.39, 0.29) is 0 Å². The molecule has 1 unspecified atom stereocenters. The van der Waals surface area contributed by atoms with Crippen LogP contribution in [-0.2, 0) is 0 Å². The first-order valence-corrected chi connectivity index (χ1v) is 7.56. The van der Waals surface area contributed by atoms with Crippen LogP contribution in [0, 0.1) is 0 Å². The number of rotatable bonds is 6. The smallest absolute Gasteiger partial charge is 0.141 e. The number of hydrogen-bond acceptors (Lipinski definition) is 5. The summed E-state index contributed by atoms with van der Waals surface area (Å²) in [6, 6.07) is 3.44. The summed E-state index contributed by atoms with van der Waals surface area (Å²) in [6.07, 6.45) is 0.0530. The van der Waals surface area contributed by atoms with Gasteiger partial charge in [0.15, 0.2) is 0 Å². The third-order valence-electron chi connectivity index (χ3n) is 3.79. The molecule has 0 saturated carbocycles. The second-order valence-electron chi connectivity index (χ2n) is 5.12. The summed E-state index contributed by atoms with van der Waals surface area (Å²) in [5.41, 5.74) is 0.707. The fourth-order valence-electron chi connectivity index (χ4n) is 2.54. The van der Waals surface area contributed by atoms with E-state index in [1.165, 1.54) is 0 Å². The molecule has 2 rings (SSSR count). The largest absolute Gasteiger partial charge is 0.496 e. The molecule has 1 saturated heterocycles. The molecular weight excluding hydrogens is 292 g/mol. The van der Waals surface area contributed by atoms with E-state index in [2.05, 4.69) is 10.2 Å². The number of aliphatic hydroxyl groups is 1. The van der Waals surface area contributed by atoms with Crippen molar-refractivity contribution in [3.63, 3.8) is 0 Å². The maximum absolute atomic E-state index is 10.4. The first-order valence-electron chi connectivity index (χ1n) is 7.18. The van der Waals surface area contributed by atoms with Gasteiger partial charge in [-0.3, -0.25) is 0 Å². The van der Waals surface area contributed by atoms with Gasteiger partial charge in [0.05, 0.1) is 25.3 Å². The average molecular weight is 315 g/mol. The number of aliphatic hydroxyl groups excluding tert-OH is 1. The van der Waals surface area contributed by atoms with E-state index in [9.17, 15) is 5.11 Å². The number of piperazine rings is 1. The maximum Gasteiger partial charge on any atom is 0.141 e. The summed E-state index contributed by atoms with van der Waals surface area (Å²) < 4.78 is 10.5. The molecule has 118 valence electrons. The number of hydrogen-bond donors (Lipinski definition) is 2. The van der Waals surface area contributed by atoms with Crippen LogP contribution in [0.3, 0.4) is 0 Å². The highest BCUT2D eigenvalue weighted by atomic mass is 35.5. The van der Waals surface area contributed by atoms with Crippen LogP contribution >= 0.6 is 11.6 Å². The highest BCUT2D eigenvalue weighted by molar-refractivity contribution is 6.32. The van der Waals surface area contributed by atoms with E-state index < -0.39 is 6.10 Å². The van der Waals surface area contributed by atoms with Crippen molar-refractivity contribution >= 4 is 11.6 Å². The van der Waals surface area contributed by atoms with Crippen LogP contribution in [0.15, 0.2) is 12.1 Å². The summed E-state index contributed by atoms with van der Waals surface area (Å²) in [6.45, 7) is 4.91. The van der Waals surface area contributed by atoms with Crippen molar-refractivity contribution in [2.45, 2.75) is 12.5 Å². The van der Waals surface area contributed by atoms with Crippen molar-refractivity contribution in [2.24, 2.45) is 0 Å². The van der Waals surface area contributed by atoms with Crippen molar-refractivity contribution in [3.05, 3.63) is 22.7 Å². The van der Waals surface area contributed by atoms with Crippen molar-refractivity contribution in [1.82, 2.24) is 10.2 Å². The monoisotopic (exact) mass is 314 g/mol. The molecule has 1 aliphatic rings. The second-order valence-corrected chi connectivity index (χ2v) is 5.53. The Bertz CT molecular complexity index is 464. The molecule has 1 aromatic rings. The van der Waals surface area contributed by atoms with E-state index in [0.29, 0.717) is 28.5 Å². The highest BCUT2D eigenvalue weighted by Gasteiger charge is 2.18. The van der Waals surface area contributed by atoms with E-state index in [0.717, 1.165) is 32.7 Å². The fourth-order valence-corrected chi connectivity index (χ4v) is 2.79. The quantitative estimate of drug-likeness (QED) is 0.837. The number of nitrogens with one attached hydrogen (secondary N) is 1. The summed E-state index contributed by atoms with van der Waals surface area (Å²) in [5.74, 6) is 1.15. The molecule has 21 heavy (non-hydrogen) atoms. The Hall–Kier alpha value is -1.01. The SMILES string of the molecule is COc1cc(OC)c(C(O)CCN2CCNCC2)cc1Cl. The zero-order chi connectivity index (χ0) is 15.2. The summed E-state index contributed by atoms with van der Waals surface area (Å²) in [5, 5.41) is 14.2. The molecule has 0 aromatic heterocycles. The molecule has 1 fully saturated rings. The van der Waals surface area contributed by atoms with Gasteiger partial charge >= 0.3 is 0 Å².